The maximum atomic E-state index is 13.3. The lowest BCUT2D eigenvalue weighted by Crippen LogP contribution is -2.34. The van der Waals surface area contributed by atoms with Crippen LogP contribution in [-0.4, -0.2) is 15.5 Å². The lowest BCUT2D eigenvalue weighted by molar-refractivity contribution is 0.505. The minimum atomic E-state index is -0.318. The molecule has 0 aliphatic rings. The lowest BCUT2D eigenvalue weighted by atomic mass is 10.0. The van der Waals surface area contributed by atoms with Crippen molar-refractivity contribution < 1.29 is 4.39 Å². The quantitative estimate of drug-likeness (QED) is 0.817. The van der Waals surface area contributed by atoms with Gasteiger partial charge in [0.05, 0.1) is 11.0 Å². The molecule has 0 fully saturated rings. The van der Waals surface area contributed by atoms with Gasteiger partial charge < -0.3 is 10.7 Å². The van der Waals surface area contributed by atoms with E-state index in [1.807, 2.05) is 13.8 Å². The summed E-state index contributed by atoms with van der Waals surface area (Å²) in [6.07, 6.45) is 0.641. The molecule has 0 spiro atoms. The Kier molecular flexibility index (Phi) is 2.46. The Morgan fingerprint density at radius 2 is 2.12 bits per heavy atom. The molecule has 2 rings (SSSR count). The van der Waals surface area contributed by atoms with Crippen molar-refractivity contribution in [3.05, 3.63) is 29.3 Å². The summed E-state index contributed by atoms with van der Waals surface area (Å²) in [5.74, 6) is 0.574. The largest absolute Gasteiger partial charge is 0.342 e. The van der Waals surface area contributed by atoms with Crippen molar-refractivity contribution in [1.82, 2.24) is 9.97 Å². The maximum absolute atomic E-state index is 13.3. The summed E-state index contributed by atoms with van der Waals surface area (Å²) in [6.45, 7) is 5.61. The molecule has 1 aromatic heterocycles. The number of aromatic amines is 1. The van der Waals surface area contributed by atoms with Crippen LogP contribution in [-0.2, 0) is 6.42 Å². The topological polar surface area (TPSA) is 54.7 Å². The number of imidazole rings is 1. The first-order chi connectivity index (χ1) is 7.35. The van der Waals surface area contributed by atoms with E-state index in [9.17, 15) is 4.39 Å². The molecule has 3 nitrogen and oxygen atoms in total. The fourth-order valence-corrected chi connectivity index (χ4v) is 1.71. The molecule has 0 amide bonds. The minimum Gasteiger partial charge on any atom is -0.342 e. The van der Waals surface area contributed by atoms with E-state index in [-0.39, 0.29) is 11.4 Å². The number of hydrogen-bond acceptors (Lipinski definition) is 2. The van der Waals surface area contributed by atoms with Crippen LogP contribution in [0.25, 0.3) is 11.0 Å². The Labute approximate surface area is 93.9 Å². The molecule has 1 heterocycles. The van der Waals surface area contributed by atoms with Crippen molar-refractivity contribution in [2.75, 3.05) is 0 Å². The van der Waals surface area contributed by atoms with Crippen LogP contribution in [0, 0.1) is 12.7 Å². The molecule has 1 aromatic carbocycles. The smallest absolute Gasteiger partial charge is 0.128 e. The molecule has 0 radical (unpaired) electrons. The normalized spacial score (nSPS) is 12.3. The summed E-state index contributed by atoms with van der Waals surface area (Å²) < 4.78 is 13.3. The highest BCUT2D eigenvalue weighted by Gasteiger charge is 2.15. The molecule has 16 heavy (non-hydrogen) atoms. The van der Waals surface area contributed by atoms with Crippen molar-refractivity contribution in [1.29, 1.82) is 0 Å². The Morgan fingerprint density at radius 3 is 2.75 bits per heavy atom. The zero-order valence-corrected chi connectivity index (χ0v) is 9.76. The van der Waals surface area contributed by atoms with Crippen LogP contribution >= 0.6 is 0 Å². The number of aromatic nitrogens is 2. The molecule has 2 aromatic rings. The van der Waals surface area contributed by atoms with Crippen LogP contribution in [0.2, 0.25) is 0 Å². The van der Waals surface area contributed by atoms with Gasteiger partial charge in [0.15, 0.2) is 0 Å². The highest BCUT2D eigenvalue weighted by molar-refractivity contribution is 5.76. The van der Waals surface area contributed by atoms with E-state index >= 15 is 0 Å². The van der Waals surface area contributed by atoms with Crippen molar-refractivity contribution in [2.24, 2.45) is 5.73 Å². The van der Waals surface area contributed by atoms with Crippen LogP contribution in [0.1, 0.15) is 25.2 Å². The Hall–Kier alpha value is -1.42. The molecule has 0 bridgehead atoms. The number of halogens is 1. The molecule has 0 aliphatic heterocycles. The van der Waals surface area contributed by atoms with Crippen molar-refractivity contribution in [3.63, 3.8) is 0 Å². The second kappa shape index (κ2) is 3.56. The first kappa shape index (κ1) is 11.1. The van der Waals surface area contributed by atoms with E-state index in [1.54, 1.807) is 13.0 Å². The number of fused-ring (bicyclic) bond motifs is 1. The first-order valence-electron chi connectivity index (χ1n) is 5.29. The molecule has 0 saturated carbocycles. The number of benzene rings is 1. The van der Waals surface area contributed by atoms with Gasteiger partial charge in [-0.15, -0.1) is 0 Å². The third-order valence-electron chi connectivity index (χ3n) is 2.43. The fourth-order valence-electron chi connectivity index (χ4n) is 1.71. The summed E-state index contributed by atoms with van der Waals surface area (Å²) in [7, 11) is 0. The van der Waals surface area contributed by atoms with Crippen LogP contribution in [0.15, 0.2) is 12.1 Å². The molecule has 3 N–H and O–H groups in total. The van der Waals surface area contributed by atoms with E-state index in [1.165, 1.54) is 6.07 Å². The van der Waals surface area contributed by atoms with E-state index < -0.39 is 0 Å². The van der Waals surface area contributed by atoms with Gasteiger partial charge in [-0.25, -0.2) is 9.37 Å². The fraction of sp³-hybridized carbons (Fsp3) is 0.417. The minimum absolute atomic E-state index is 0.224. The predicted molar refractivity (Wildman–Crippen MR) is 62.8 cm³/mol. The lowest BCUT2D eigenvalue weighted by Gasteiger charge is -2.15. The summed E-state index contributed by atoms with van der Waals surface area (Å²) in [4.78, 5) is 7.49. The predicted octanol–water partition coefficient (Wildman–Crippen LogP) is 2.29. The maximum Gasteiger partial charge on any atom is 0.128 e. The highest BCUT2D eigenvalue weighted by atomic mass is 19.1. The average molecular weight is 221 g/mol. The standard InChI is InChI=1S/C12H16FN3/c1-7-4-9-10(5-8(7)13)16-11(15-9)6-12(2,3)14/h4-5H,6,14H2,1-3H3,(H,15,16). The van der Waals surface area contributed by atoms with Gasteiger partial charge in [0, 0.05) is 18.0 Å². The number of nitrogens with zero attached hydrogens (tertiary/aromatic N) is 1. The highest BCUT2D eigenvalue weighted by Crippen LogP contribution is 2.18. The Bertz CT molecular complexity index is 484. The van der Waals surface area contributed by atoms with Gasteiger partial charge in [0.25, 0.3) is 0 Å². The summed E-state index contributed by atoms with van der Waals surface area (Å²) in [5.41, 5.74) is 7.73. The van der Waals surface area contributed by atoms with Crippen LogP contribution in [0.4, 0.5) is 4.39 Å². The van der Waals surface area contributed by atoms with Gasteiger partial charge in [-0.3, -0.25) is 0 Å². The number of nitrogens with two attached hydrogens (primary N) is 1. The summed E-state index contributed by atoms with van der Waals surface area (Å²) in [5, 5.41) is 0. The van der Waals surface area contributed by atoms with Gasteiger partial charge in [-0.05, 0) is 32.4 Å². The molecule has 4 heteroatoms. The molecule has 0 saturated heterocycles. The molecular weight excluding hydrogens is 205 g/mol. The Balaban J connectivity index is 2.44. The van der Waals surface area contributed by atoms with Crippen LogP contribution in [0.5, 0.6) is 0 Å². The third kappa shape index (κ3) is 2.22. The second-order valence-electron chi connectivity index (χ2n) is 4.97. The number of rotatable bonds is 2. The van der Waals surface area contributed by atoms with Gasteiger partial charge >= 0.3 is 0 Å². The number of H-pyrrole nitrogens is 1. The Morgan fingerprint density at radius 1 is 1.44 bits per heavy atom. The molecule has 0 aliphatic carbocycles. The van der Waals surface area contributed by atoms with Crippen molar-refractivity contribution in [2.45, 2.75) is 32.7 Å². The van der Waals surface area contributed by atoms with Crippen LogP contribution < -0.4 is 5.73 Å². The van der Waals surface area contributed by atoms with Gasteiger partial charge in [-0.1, -0.05) is 0 Å². The number of nitrogens with one attached hydrogen (secondary N) is 1. The first-order valence-corrected chi connectivity index (χ1v) is 5.29. The number of aryl methyl sites for hydroxylation is 1. The summed E-state index contributed by atoms with van der Waals surface area (Å²) in [6, 6.07) is 3.22. The zero-order chi connectivity index (χ0) is 11.9. The van der Waals surface area contributed by atoms with E-state index in [2.05, 4.69) is 9.97 Å². The molecular formula is C12H16FN3. The van der Waals surface area contributed by atoms with E-state index in [0.717, 1.165) is 11.3 Å². The van der Waals surface area contributed by atoms with Crippen LogP contribution in [0.3, 0.4) is 0 Å². The molecule has 0 atom stereocenters. The van der Waals surface area contributed by atoms with Gasteiger partial charge in [0.2, 0.25) is 0 Å². The van der Waals surface area contributed by atoms with E-state index in [4.69, 9.17) is 5.73 Å². The molecule has 0 unspecified atom stereocenters. The zero-order valence-electron chi connectivity index (χ0n) is 9.76. The van der Waals surface area contributed by atoms with Crippen molar-refractivity contribution in [3.8, 4) is 0 Å². The van der Waals surface area contributed by atoms with E-state index in [0.29, 0.717) is 17.5 Å². The second-order valence-corrected chi connectivity index (χ2v) is 4.97. The SMILES string of the molecule is Cc1cc2[nH]c(CC(C)(C)N)nc2cc1F. The van der Waals surface area contributed by atoms with Gasteiger partial charge in [-0.2, -0.15) is 0 Å². The molecule has 86 valence electrons. The monoisotopic (exact) mass is 221 g/mol. The van der Waals surface area contributed by atoms with Gasteiger partial charge in [0.1, 0.15) is 11.6 Å². The summed E-state index contributed by atoms with van der Waals surface area (Å²) >= 11 is 0. The van der Waals surface area contributed by atoms with Crippen molar-refractivity contribution >= 4 is 11.0 Å². The average Bonchev–Trinajstić information content (AvgIpc) is 2.44. The number of hydrogen-bond donors (Lipinski definition) is 2. The third-order valence-corrected chi connectivity index (χ3v) is 2.43.